The number of rotatable bonds is 3. The minimum absolute atomic E-state index is 0.0488. The van der Waals surface area contributed by atoms with Crippen LogP contribution in [0.25, 0.3) is 0 Å². The van der Waals surface area contributed by atoms with Gasteiger partial charge in [-0.1, -0.05) is 0 Å². The molecule has 0 bridgehead atoms. The summed E-state index contributed by atoms with van der Waals surface area (Å²) in [5.41, 5.74) is 1.43. The van der Waals surface area contributed by atoms with Gasteiger partial charge in [0.15, 0.2) is 0 Å². The standard InChI is InChI=1S/C13H21N3O2/c1-9-12(15-10(2)14-9)13(17)16-6-4-11(5-7-16)8-18-3/h11H,4-8H2,1-3H3,(H,14,15). The van der Waals surface area contributed by atoms with Crippen LogP contribution in [0, 0.1) is 19.8 Å². The Balaban J connectivity index is 1.97. The monoisotopic (exact) mass is 251 g/mol. The van der Waals surface area contributed by atoms with E-state index in [1.807, 2.05) is 18.7 Å². The van der Waals surface area contributed by atoms with E-state index < -0.39 is 0 Å². The molecule has 1 N–H and O–H groups in total. The Kier molecular flexibility index (Phi) is 4.01. The van der Waals surface area contributed by atoms with Crippen LogP contribution in [-0.2, 0) is 4.74 Å². The first-order valence-electron chi connectivity index (χ1n) is 6.43. The van der Waals surface area contributed by atoms with E-state index in [1.165, 1.54) is 0 Å². The van der Waals surface area contributed by atoms with E-state index in [2.05, 4.69) is 9.97 Å². The van der Waals surface area contributed by atoms with Crippen LogP contribution in [-0.4, -0.2) is 47.6 Å². The molecule has 1 amide bonds. The van der Waals surface area contributed by atoms with Gasteiger partial charge in [0.05, 0.1) is 0 Å². The van der Waals surface area contributed by atoms with Crippen molar-refractivity contribution < 1.29 is 9.53 Å². The van der Waals surface area contributed by atoms with Gasteiger partial charge in [-0.05, 0) is 32.6 Å². The van der Waals surface area contributed by atoms with Crippen molar-refractivity contribution in [2.24, 2.45) is 5.92 Å². The number of aromatic amines is 1. The Hall–Kier alpha value is -1.36. The third-order valence-corrected chi connectivity index (χ3v) is 3.51. The SMILES string of the molecule is COCC1CCN(C(=O)c2nc(C)[nH]c2C)CC1. The van der Waals surface area contributed by atoms with Gasteiger partial charge in [-0.3, -0.25) is 4.79 Å². The van der Waals surface area contributed by atoms with Gasteiger partial charge in [-0.25, -0.2) is 4.98 Å². The number of methoxy groups -OCH3 is 1. The van der Waals surface area contributed by atoms with Crippen molar-refractivity contribution in [2.75, 3.05) is 26.8 Å². The first-order chi connectivity index (χ1) is 8.61. The summed E-state index contributed by atoms with van der Waals surface area (Å²) in [5, 5.41) is 0. The van der Waals surface area contributed by atoms with Crippen molar-refractivity contribution in [1.29, 1.82) is 0 Å². The van der Waals surface area contributed by atoms with Gasteiger partial charge in [0, 0.05) is 32.5 Å². The Morgan fingerprint density at radius 3 is 2.61 bits per heavy atom. The molecule has 1 aliphatic heterocycles. The van der Waals surface area contributed by atoms with Crippen LogP contribution in [0.1, 0.15) is 34.8 Å². The highest BCUT2D eigenvalue weighted by Gasteiger charge is 2.25. The van der Waals surface area contributed by atoms with Gasteiger partial charge in [-0.15, -0.1) is 0 Å². The minimum atomic E-state index is 0.0488. The molecule has 0 aliphatic carbocycles. The molecule has 0 spiro atoms. The molecule has 1 aromatic heterocycles. The van der Waals surface area contributed by atoms with Crippen LogP contribution in [0.4, 0.5) is 0 Å². The van der Waals surface area contributed by atoms with Crippen molar-refractivity contribution in [2.45, 2.75) is 26.7 Å². The number of carbonyl (C=O) groups excluding carboxylic acids is 1. The third kappa shape index (κ3) is 2.72. The fourth-order valence-corrected chi connectivity index (χ4v) is 2.51. The molecule has 0 radical (unpaired) electrons. The highest BCUT2D eigenvalue weighted by molar-refractivity contribution is 5.93. The first-order valence-corrected chi connectivity index (χ1v) is 6.43. The first kappa shape index (κ1) is 13.1. The molecule has 1 fully saturated rings. The number of imidazole rings is 1. The molecule has 1 aromatic rings. The Morgan fingerprint density at radius 2 is 2.11 bits per heavy atom. The maximum absolute atomic E-state index is 12.3. The van der Waals surface area contributed by atoms with Crippen molar-refractivity contribution in [3.63, 3.8) is 0 Å². The normalized spacial score (nSPS) is 17.2. The zero-order chi connectivity index (χ0) is 13.1. The van der Waals surface area contributed by atoms with Gasteiger partial charge in [0.2, 0.25) is 0 Å². The van der Waals surface area contributed by atoms with Gasteiger partial charge < -0.3 is 14.6 Å². The van der Waals surface area contributed by atoms with Crippen molar-refractivity contribution >= 4 is 5.91 Å². The summed E-state index contributed by atoms with van der Waals surface area (Å²) < 4.78 is 5.16. The van der Waals surface area contributed by atoms with Crippen LogP contribution in [0.15, 0.2) is 0 Å². The largest absolute Gasteiger partial charge is 0.384 e. The molecule has 1 aliphatic rings. The predicted octanol–water partition coefficient (Wildman–Crippen LogP) is 1.53. The number of nitrogens with zero attached hydrogens (tertiary/aromatic N) is 2. The molecule has 100 valence electrons. The molecule has 0 aromatic carbocycles. The van der Waals surface area contributed by atoms with Gasteiger partial charge in [-0.2, -0.15) is 0 Å². The molecular weight excluding hydrogens is 230 g/mol. The lowest BCUT2D eigenvalue weighted by Gasteiger charge is -2.31. The number of nitrogens with one attached hydrogen (secondary N) is 1. The zero-order valence-corrected chi connectivity index (χ0v) is 11.3. The number of aromatic nitrogens is 2. The molecule has 2 heterocycles. The molecule has 5 heteroatoms. The highest BCUT2D eigenvalue weighted by atomic mass is 16.5. The summed E-state index contributed by atoms with van der Waals surface area (Å²) in [6, 6.07) is 0. The molecule has 0 atom stereocenters. The third-order valence-electron chi connectivity index (χ3n) is 3.51. The topological polar surface area (TPSA) is 58.2 Å². The Labute approximate surface area is 108 Å². The number of H-pyrrole nitrogens is 1. The number of ether oxygens (including phenoxy) is 1. The molecule has 18 heavy (non-hydrogen) atoms. The van der Waals surface area contributed by atoms with Gasteiger partial charge >= 0.3 is 0 Å². The molecular formula is C13H21N3O2. The summed E-state index contributed by atoms with van der Waals surface area (Å²) in [5.74, 6) is 1.43. The maximum atomic E-state index is 12.3. The number of carbonyl (C=O) groups is 1. The second-order valence-corrected chi connectivity index (χ2v) is 4.99. The van der Waals surface area contributed by atoms with Crippen LogP contribution >= 0.6 is 0 Å². The van der Waals surface area contributed by atoms with Crippen molar-refractivity contribution in [3.05, 3.63) is 17.2 Å². The average molecular weight is 251 g/mol. The number of likely N-dealkylation sites (tertiary alicyclic amines) is 1. The van der Waals surface area contributed by atoms with E-state index in [0.29, 0.717) is 11.6 Å². The van der Waals surface area contributed by atoms with E-state index in [0.717, 1.165) is 44.1 Å². The van der Waals surface area contributed by atoms with Crippen LogP contribution in [0.2, 0.25) is 0 Å². The average Bonchev–Trinajstić information content (AvgIpc) is 2.69. The van der Waals surface area contributed by atoms with Crippen LogP contribution < -0.4 is 0 Å². The number of hydrogen-bond donors (Lipinski definition) is 1. The second-order valence-electron chi connectivity index (χ2n) is 4.99. The number of amides is 1. The molecule has 2 rings (SSSR count). The lowest BCUT2D eigenvalue weighted by atomic mass is 9.97. The van der Waals surface area contributed by atoms with E-state index >= 15 is 0 Å². The summed E-state index contributed by atoms with van der Waals surface area (Å²) in [7, 11) is 1.73. The maximum Gasteiger partial charge on any atom is 0.274 e. The second kappa shape index (κ2) is 5.52. The lowest BCUT2D eigenvalue weighted by molar-refractivity contribution is 0.0608. The quantitative estimate of drug-likeness (QED) is 0.886. The fourth-order valence-electron chi connectivity index (χ4n) is 2.51. The Bertz CT molecular complexity index is 420. The minimum Gasteiger partial charge on any atom is -0.384 e. The molecule has 0 saturated carbocycles. The van der Waals surface area contributed by atoms with E-state index in [-0.39, 0.29) is 5.91 Å². The number of piperidine rings is 1. The molecule has 0 unspecified atom stereocenters. The van der Waals surface area contributed by atoms with Gasteiger partial charge in [0.1, 0.15) is 11.5 Å². The van der Waals surface area contributed by atoms with E-state index in [9.17, 15) is 4.79 Å². The smallest absolute Gasteiger partial charge is 0.274 e. The summed E-state index contributed by atoms with van der Waals surface area (Å²) in [4.78, 5) is 21.6. The zero-order valence-electron chi connectivity index (χ0n) is 11.3. The van der Waals surface area contributed by atoms with Crippen molar-refractivity contribution in [1.82, 2.24) is 14.9 Å². The highest BCUT2D eigenvalue weighted by Crippen LogP contribution is 2.19. The summed E-state index contributed by atoms with van der Waals surface area (Å²) >= 11 is 0. The lowest BCUT2D eigenvalue weighted by Crippen LogP contribution is -2.39. The van der Waals surface area contributed by atoms with Crippen molar-refractivity contribution in [3.8, 4) is 0 Å². The summed E-state index contributed by atoms with van der Waals surface area (Å²) in [6.45, 7) is 6.17. The summed E-state index contributed by atoms with van der Waals surface area (Å²) in [6.07, 6.45) is 2.03. The molecule has 1 saturated heterocycles. The fraction of sp³-hybridized carbons (Fsp3) is 0.692. The number of aryl methyl sites for hydroxylation is 2. The Morgan fingerprint density at radius 1 is 1.44 bits per heavy atom. The number of hydrogen-bond acceptors (Lipinski definition) is 3. The van der Waals surface area contributed by atoms with Crippen LogP contribution in [0.5, 0.6) is 0 Å². The van der Waals surface area contributed by atoms with Crippen LogP contribution in [0.3, 0.4) is 0 Å². The van der Waals surface area contributed by atoms with E-state index in [4.69, 9.17) is 4.74 Å². The predicted molar refractivity (Wildman–Crippen MR) is 68.6 cm³/mol. The molecule has 5 nitrogen and oxygen atoms in total. The van der Waals surface area contributed by atoms with Gasteiger partial charge in [0.25, 0.3) is 5.91 Å². The van der Waals surface area contributed by atoms with E-state index in [1.54, 1.807) is 7.11 Å².